The van der Waals surface area contributed by atoms with Crippen molar-refractivity contribution in [3.8, 4) is 11.3 Å². The van der Waals surface area contributed by atoms with Crippen LogP contribution in [0.1, 0.15) is 44.7 Å². The summed E-state index contributed by atoms with van der Waals surface area (Å²) in [6.07, 6.45) is 0. The summed E-state index contributed by atoms with van der Waals surface area (Å²) in [4.78, 5) is 30.8. The summed E-state index contributed by atoms with van der Waals surface area (Å²) in [5.41, 5.74) is 6.78. The predicted molar refractivity (Wildman–Crippen MR) is 147 cm³/mol. The third-order valence-electron chi connectivity index (χ3n) is 6.04. The average Bonchev–Trinajstić information content (AvgIpc) is 3.32. The summed E-state index contributed by atoms with van der Waals surface area (Å²) in [5, 5.41) is 9.31. The van der Waals surface area contributed by atoms with Crippen LogP contribution in [0.25, 0.3) is 11.3 Å². The minimum absolute atomic E-state index is 0.231. The lowest BCUT2D eigenvalue weighted by Gasteiger charge is -2.30. The van der Waals surface area contributed by atoms with Gasteiger partial charge in [0.1, 0.15) is 0 Å². The van der Waals surface area contributed by atoms with Crippen molar-refractivity contribution in [1.82, 2.24) is 10.3 Å². The molecular weight excluding hydrogens is 486 g/mol. The van der Waals surface area contributed by atoms with E-state index < -0.39 is 17.9 Å². The van der Waals surface area contributed by atoms with Crippen molar-refractivity contribution in [3.05, 3.63) is 87.6 Å². The molecule has 0 amide bonds. The van der Waals surface area contributed by atoms with Crippen LogP contribution in [0, 0.1) is 6.92 Å². The Hall–Kier alpha value is -3.91. The number of rotatable bonds is 8. The topological polar surface area (TPSA) is 89.5 Å². The van der Waals surface area contributed by atoms with Crippen molar-refractivity contribution in [1.29, 1.82) is 0 Å². The highest BCUT2D eigenvalue weighted by Gasteiger charge is 2.38. The van der Waals surface area contributed by atoms with Crippen LogP contribution in [0.2, 0.25) is 0 Å². The fraction of sp³-hybridized carbons (Fsp3) is 0.276. The molecule has 0 radical (unpaired) electrons. The monoisotopic (exact) mass is 517 g/mol. The van der Waals surface area contributed by atoms with E-state index in [0.29, 0.717) is 22.5 Å². The van der Waals surface area contributed by atoms with Crippen LogP contribution in [0.15, 0.2) is 76.5 Å². The molecule has 0 saturated carbocycles. The minimum Gasteiger partial charge on any atom is -0.463 e. The first-order valence-electron chi connectivity index (χ1n) is 12.2. The molecular formula is C29H31N3O4S. The van der Waals surface area contributed by atoms with Crippen molar-refractivity contribution in [2.45, 2.75) is 40.5 Å². The largest absolute Gasteiger partial charge is 0.463 e. The van der Waals surface area contributed by atoms with Crippen LogP contribution in [0.3, 0.4) is 0 Å². The Labute approximate surface area is 221 Å². The zero-order valence-electron chi connectivity index (χ0n) is 21.7. The molecule has 192 valence electrons. The Morgan fingerprint density at radius 3 is 2.22 bits per heavy atom. The summed E-state index contributed by atoms with van der Waals surface area (Å²) in [6, 6.07) is 15.9. The number of allylic oxidation sites excluding steroid dienone is 2. The molecule has 0 bridgehead atoms. The van der Waals surface area contributed by atoms with Gasteiger partial charge in [0.25, 0.3) is 0 Å². The van der Waals surface area contributed by atoms with Crippen LogP contribution in [0.5, 0.6) is 0 Å². The zero-order valence-corrected chi connectivity index (χ0v) is 22.5. The number of esters is 2. The number of hydrogen-bond donors (Lipinski definition) is 2. The number of ether oxygens (including phenoxy) is 2. The molecule has 2 heterocycles. The van der Waals surface area contributed by atoms with E-state index in [0.717, 1.165) is 27.6 Å². The number of hydrogen-bond acceptors (Lipinski definition) is 8. The normalized spacial score (nSPS) is 13.9. The number of aromatic nitrogens is 1. The number of thiazole rings is 1. The predicted octanol–water partition coefficient (Wildman–Crippen LogP) is 6.22. The van der Waals surface area contributed by atoms with Gasteiger partial charge >= 0.3 is 11.9 Å². The van der Waals surface area contributed by atoms with Gasteiger partial charge in [0.05, 0.1) is 36.0 Å². The maximum atomic E-state index is 13.0. The van der Waals surface area contributed by atoms with Gasteiger partial charge in [-0.25, -0.2) is 14.6 Å². The van der Waals surface area contributed by atoms with Crippen molar-refractivity contribution in [2.24, 2.45) is 0 Å². The van der Waals surface area contributed by atoms with E-state index in [2.05, 4.69) is 29.7 Å². The van der Waals surface area contributed by atoms with Gasteiger partial charge in [-0.2, -0.15) is 0 Å². The lowest BCUT2D eigenvalue weighted by molar-refractivity contribution is -0.139. The Balaban J connectivity index is 1.70. The maximum absolute atomic E-state index is 13.0. The second-order valence-corrected chi connectivity index (χ2v) is 9.59. The van der Waals surface area contributed by atoms with Crippen molar-refractivity contribution < 1.29 is 19.1 Å². The Morgan fingerprint density at radius 1 is 0.946 bits per heavy atom. The quantitative estimate of drug-likeness (QED) is 0.343. The van der Waals surface area contributed by atoms with E-state index in [-0.39, 0.29) is 13.2 Å². The standard InChI is InChI=1S/C29H31N3O4S/c1-6-35-27(33)24-18(4)30-19(5)25(28(34)36-7-2)26(24)21-12-9-13-22(15-21)31-29-32-23(16-37-29)20-11-8-10-17(3)14-20/h8-16,26,30H,6-7H2,1-5H3,(H,31,32). The highest BCUT2D eigenvalue weighted by atomic mass is 32.1. The van der Waals surface area contributed by atoms with E-state index in [9.17, 15) is 9.59 Å². The molecule has 1 aromatic heterocycles. The van der Waals surface area contributed by atoms with Gasteiger partial charge in [-0.1, -0.05) is 35.9 Å². The van der Waals surface area contributed by atoms with Gasteiger partial charge < -0.3 is 20.1 Å². The third kappa shape index (κ3) is 5.75. The molecule has 0 spiro atoms. The molecule has 0 atom stereocenters. The van der Waals surface area contributed by atoms with Crippen molar-refractivity contribution in [2.75, 3.05) is 18.5 Å². The molecule has 2 aromatic carbocycles. The van der Waals surface area contributed by atoms with E-state index in [1.807, 2.05) is 55.6 Å². The SMILES string of the molecule is CCOC(=O)C1=C(C)NC(C)=C(C(=O)OCC)C1c1cccc(Nc2nc(-c3cccc(C)c3)cs2)c1. The average molecular weight is 518 g/mol. The van der Waals surface area contributed by atoms with Crippen LogP contribution in [-0.4, -0.2) is 30.1 Å². The number of carbonyl (C=O) groups excluding carboxylic acids is 2. The Kier molecular flexibility index (Phi) is 8.08. The minimum atomic E-state index is -0.639. The van der Waals surface area contributed by atoms with E-state index in [1.165, 1.54) is 16.9 Å². The van der Waals surface area contributed by atoms with Crippen LogP contribution in [-0.2, 0) is 19.1 Å². The van der Waals surface area contributed by atoms with Gasteiger partial charge in [0.15, 0.2) is 5.13 Å². The molecule has 0 saturated heterocycles. The summed E-state index contributed by atoms with van der Waals surface area (Å²) in [6.45, 7) is 9.67. The Morgan fingerprint density at radius 2 is 1.59 bits per heavy atom. The lowest BCUT2D eigenvalue weighted by atomic mass is 9.80. The molecule has 37 heavy (non-hydrogen) atoms. The molecule has 0 unspecified atom stereocenters. The van der Waals surface area contributed by atoms with Crippen LogP contribution >= 0.6 is 11.3 Å². The highest BCUT2D eigenvalue weighted by molar-refractivity contribution is 7.14. The summed E-state index contributed by atoms with van der Waals surface area (Å²) in [5.74, 6) is -1.57. The second-order valence-electron chi connectivity index (χ2n) is 8.73. The van der Waals surface area contributed by atoms with Gasteiger partial charge in [0, 0.05) is 28.0 Å². The molecule has 0 aliphatic carbocycles. The number of benzene rings is 2. The van der Waals surface area contributed by atoms with Gasteiger partial charge in [-0.05, 0) is 58.4 Å². The molecule has 1 aliphatic rings. The number of carbonyl (C=O) groups is 2. The smallest absolute Gasteiger partial charge is 0.336 e. The molecule has 4 rings (SSSR count). The van der Waals surface area contributed by atoms with Gasteiger partial charge in [0.2, 0.25) is 0 Å². The van der Waals surface area contributed by atoms with E-state index in [1.54, 1.807) is 13.8 Å². The lowest BCUT2D eigenvalue weighted by Crippen LogP contribution is -2.32. The number of nitrogens with one attached hydrogen (secondary N) is 2. The Bertz CT molecular complexity index is 1350. The molecule has 2 N–H and O–H groups in total. The zero-order chi connectivity index (χ0) is 26.5. The number of nitrogens with zero attached hydrogens (tertiary/aromatic N) is 1. The molecule has 0 fully saturated rings. The van der Waals surface area contributed by atoms with Gasteiger partial charge in [-0.15, -0.1) is 11.3 Å². The van der Waals surface area contributed by atoms with Crippen molar-refractivity contribution >= 4 is 34.1 Å². The second kappa shape index (κ2) is 11.4. The molecule has 7 nitrogen and oxygen atoms in total. The van der Waals surface area contributed by atoms with Crippen LogP contribution < -0.4 is 10.6 Å². The summed E-state index contributed by atoms with van der Waals surface area (Å²) < 4.78 is 10.7. The summed E-state index contributed by atoms with van der Waals surface area (Å²) in [7, 11) is 0. The molecule has 1 aliphatic heterocycles. The highest BCUT2D eigenvalue weighted by Crippen LogP contribution is 2.40. The summed E-state index contributed by atoms with van der Waals surface area (Å²) >= 11 is 1.51. The number of aryl methyl sites for hydroxylation is 1. The van der Waals surface area contributed by atoms with Crippen molar-refractivity contribution in [3.63, 3.8) is 0 Å². The molecule has 3 aromatic rings. The van der Waals surface area contributed by atoms with Gasteiger partial charge in [-0.3, -0.25) is 0 Å². The maximum Gasteiger partial charge on any atom is 0.336 e. The number of dihydropyridines is 1. The first kappa shape index (κ1) is 26.2. The number of anilines is 2. The van der Waals surface area contributed by atoms with Crippen LogP contribution in [0.4, 0.5) is 10.8 Å². The first-order valence-corrected chi connectivity index (χ1v) is 13.1. The van der Waals surface area contributed by atoms with E-state index >= 15 is 0 Å². The fourth-order valence-electron chi connectivity index (χ4n) is 4.47. The third-order valence-corrected chi connectivity index (χ3v) is 6.80. The van der Waals surface area contributed by atoms with E-state index in [4.69, 9.17) is 14.5 Å². The fourth-order valence-corrected chi connectivity index (χ4v) is 5.21. The molecule has 8 heteroatoms. The first-order chi connectivity index (χ1) is 17.8.